The van der Waals surface area contributed by atoms with Crippen LogP contribution < -0.4 is 20.1 Å². The van der Waals surface area contributed by atoms with Crippen molar-refractivity contribution >= 4 is 17.0 Å². The summed E-state index contributed by atoms with van der Waals surface area (Å²) in [6.07, 6.45) is 2.16. The molecule has 2 N–H and O–H groups in total. The third-order valence-corrected chi connectivity index (χ3v) is 5.26. The normalized spacial score (nSPS) is 21.3. The van der Waals surface area contributed by atoms with Gasteiger partial charge in [0, 0.05) is 30.1 Å². The van der Waals surface area contributed by atoms with Crippen LogP contribution in [-0.2, 0) is 6.42 Å². The van der Waals surface area contributed by atoms with Crippen LogP contribution in [0.4, 0.5) is 5.69 Å². The van der Waals surface area contributed by atoms with Crippen LogP contribution in [0.5, 0.6) is 11.5 Å². The molecule has 0 spiro atoms. The van der Waals surface area contributed by atoms with E-state index in [1.54, 1.807) is 14.2 Å². The molecule has 1 aromatic carbocycles. The third-order valence-electron chi connectivity index (χ3n) is 4.37. The average Bonchev–Trinajstić information content (AvgIpc) is 3.06. The van der Waals surface area contributed by atoms with Gasteiger partial charge in [-0.2, -0.15) is 0 Å². The Morgan fingerprint density at radius 2 is 2.09 bits per heavy atom. The van der Waals surface area contributed by atoms with Crippen LogP contribution in [0.1, 0.15) is 11.3 Å². The van der Waals surface area contributed by atoms with E-state index in [0.29, 0.717) is 5.92 Å². The zero-order chi connectivity index (χ0) is 16.2. The van der Waals surface area contributed by atoms with E-state index in [-0.39, 0.29) is 6.04 Å². The molecule has 2 unspecified atom stereocenters. The molecule has 5 heteroatoms. The lowest BCUT2D eigenvalue weighted by Gasteiger charge is -2.38. The smallest absolute Gasteiger partial charge is 0.142 e. The fraction of sp³-hybridized carbons (Fsp3) is 0.444. The molecule has 1 aromatic heterocycles. The van der Waals surface area contributed by atoms with Gasteiger partial charge >= 0.3 is 0 Å². The largest absolute Gasteiger partial charge is 0.497 e. The number of methoxy groups -OCH3 is 2. The molecule has 0 saturated carbocycles. The Morgan fingerprint density at radius 3 is 2.78 bits per heavy atom. The molecule has 4 nitrogen and oxygen atoms in total. The van der Waals surface area contributed by atoms with Crippen LogP contribution in [0.25, 0.3) is 0 Å². The molecule has 1 fully saturated rings. The first-order valence-electron chi connectivity index (χ1n) is 7.94. The number of rotatable bonds is 5. The molecular weight excluding hydrogens is 308 g/mol. The van der Waals surface area contributed by atoms with Gasteiger partial charge in [-0.05, 0) is 42.3 Å². The summed E-state index contributed by atoms with van der Waals surface area (Å²) in [7, 11) is 3.39. The topological polar surface area (TPSA) is 47.7 Å². The summed E-state index contributed by atoms with van der Waals surface area (Å²) in [5, 5.41) is 2.14. The summed E-state index contributed by atoms with van der Waals surface area (Å²) >= 11 is 1.82. The minimum absolute atomic E-state index is 0.185. The Bertz CT molecular complexity index is 630. The molecular formula is C18H24N2O2S. The number of anilines is 1. The maximum atomic E-state index is 6.33. The lowest BCUT2D eigenvalue weighted by atomic mass is 9.91. The molecule has 23 heavy (non-hydrogen) atoms. The Hall–Kier alpha value is -1.72. The van der Waals surface area contributed by atoms with Gasteiger partial charge in [0.1, 0.15) is 11.5 Å². The monoisotopic (exact) mass is 332 g/mol. The van der Waals surface area contributed by atoms with Crippen molar-refractivity contribution in [3.05, 3.63) is 40.6 Å². The fourth-order valence-electron chi connectivity index (χ4n) is 3.35. The zero-order valence-electron chi connectivity index (χ0n) is 13.7. The first-order valence-corrected chi connectivity index (χ1v) is 8.82. The fourth-order valence-corrected chi connectivity index (χ4v) is 4.17. The van der Waals surface area contributed by atoms with Crippen molar-refractivity contribution in [2.45, 2.75) is 18.9 Å². The van der Waals surface area contributed by atoms with E-state index in [1.807, 2.05) is 29.5 Å². The predicted molar refractivity (Wildman–Crippen MR) is 95.9 cm³/mol. The Balaban J connectivity index is 1.81. The van der Waals surface area contributed by atoms with E-state index in [4.69, 9.17) is 15.2 Å². The summed E-state index contributed by atoms with van der Waals surface area (Å²) in [5.74, 6) is 2.28. The van der Waals surface area contributed by atoms with Crippen molar-refractivity contribution in [2.75, 3.05) is 32.2 Å². The molecule has 2 atom stereocenters. The van der Waals surface area contributed by atoms with Crippen LogP contribution in [0.3, 0.4) is 0 Å². The highest BCUT2D eigenvalue weighted by molar-refractivity contribution is 7.09. The van der Waals surface area contributed by atoms with Gasteiger partial charge in [0.15, 0.2) is 0 Å². The summed E-state index contributed by atoms with van der Waals surface area (Å²) in [5.41, 5.74) is 7.40. The zero-order valence-corrected chi connectivity index (χ0v) is 14.5. The van der Waals surface area contributed by atoms with Crippen LogP contribution >= 0.6 is 11.3 Å². The first kappa shape index (κ1) is 16.1. The van der Waals surface area contributed by atoms with Crippen LogP contribution in [0, 0.1) is 5.92 Å². The van der Waals surface area contributed by atoms with Gasteiger partial charge in [0.05, 0.1) is 19.9 Å². The van der Waals surface area contributed by atoms with Crippen LogP contribution in [-0.4, -0.2) is 33.4 Å². The standard InChI is InChI=1S/C18H24N2O2S/c1-21-15-5-6-18(22-2)17(10-15)20-11-13(8-14(19)12-20)9-16-4-3-7-23-16/h3-7,10,13-14H,8-9,11-12,19H2,1-2H3. The molecule has 0 amide bonds. The molecule has 1 aliphatic rings. The van der Waals surface area contributed by atoms with Crippen molar-refractivity contribution in [1.29, 1.82) is 0 Å². The summed E-state index contributed by atoms with van der Waals surface area (Å²) in [4.78, 5) is 3.77. The van der Waals surface area contributed by atoms with Crippen molar-refractivity contribution in [1.82, 2.24) is 0 Å². The number of ether oxygens (including phenoxy) is 2. The van der Waals surface area contributed by atoms with Gasteiger partial charge in [0.2, 0.25) is 0 Å². The highest BCUT2D eigenvalue weighted by Gasteiger charge is 2.27. The number of benzene rings is 1. The summed E-state index contributed by atoms with van der Waals surface area (Å²) in [6.45, 7) is 1.85. The van der Waals surface area contributed by atoms with Crippen LogP contribution in [0.2, 0.25) is 0 Å². The van der Waals surface area contributed by atoms with Gasteiger partial charge in [-0.25, -0.2) is 0 Å². The Kier molecular flexibility index (Phi) is 5.08. The molecule has 0 bridgehead atoms. The van der Waals surface area contributed by atoms with Crippen molar-refractivity contribution in [3.63, 3.8) is 0 Å². The number of piperidine rings is 1. The van der Waals surface area contributed by atoms with Gasteiger partial charge in [-0.1, -0.05) is 6.07 Å². The molecule has 0 aliphatic carbocycles. The second-order valence-electron chi connectivity index (χ2n) is 6.09. The summed E-state index contributed by atoms with van der Waals surface area (Å²) < 4.78 is 10.9. The second-order valence-corrected chi connectivity index (χ2v) is 7.12. The van der Waals surface area contributed by atoms with Crippen molar-refractivity contribution in [3.8, 4) is 11.5 Å². The number of nitrogens with two attached hydrogens (primary N) is 1. The maximum Gasteiger partial charge on any atom is 0.142 e. The van der Waals surface area contributed by atoms with Gasteiger partial charge in [0.25, 0.3) is 0 Å². The average molecular weight is 332 g/mol. The maximum absolute atomic E-state index is 6.33. The van der Waals surface area contributed by atoms with Gasteiger partial charge in [-0.3, -0.25) is 0 Å². The Labute approximate surface area is 141 Å². The second kappa shape index (κ2) is 7.23. The molecule has 3 rings (SSSR count). The van der Waals surface area contributed by atoms with Crippen LogP contribution in [0.15, 0.2) is 35.7 Å². The predicted octanol–water partition coefficient (Wildman–Crippen LogP) is 3.16. The quantitative estimate of drug-likeness (QED) is 0.914. The number of hydrogen-bond donors (Lipinski definition) is 1. The van der Waals surface area contributed by atoms with E-state index in [2.05, 4.69) is 22.4 Å². The SMILES string of the molecule is COc1ccc(OC)c(N2CC(N)CC(Cc3cccs3)C2)c1. The van der Waals surface area contributed by atoms with Gasteiger partial charge in [-0.15, -0.1) is 11.3 Å². The Morgan fingerprint density at radius 1 is 1.22 bits per heavy atom. The van der Waals surface area contributed by atoms with E-state index < -0.39 is 0 Å². The van der Waals surface area contributed by atoms with Crippen molar-refractivity contribution in [2.24, 2.45) is 11.7 Å². The first-order chi connectivity index (χ1) is 11.2. The minimum Gasteiger partial charge on any atom is -0.497 e. The highest BCUT2D eigenvalue weighted by atomic mass is 32.1. The van der Waals surface area contributed by atoms with E-state index in [0.717, 1.165) is 43.1 Å². The number of thiophene rings is 1. The van der Waals surface area contributed by atoms with E-state index >= 15 is 0 Å². The third kappa shape index (κ3) is 3.79. The van der Waals surface area contributed by atoms with E-state index in [9.17, 15) is 0 Å². The molecule has 1 saturated heterocycles. The molecule has 0 radical (unpaired) electrons. The number of hydrogen-bond acceptors (Lipinski definition) is 5. The van der Waals surface area contributed by atoms with Gasteiger partial charge < -0.3 is 20.1 Å². The molecule has 2 aromatic rings. The molecule has 1 aliphatic heterocycles. The highest BCUT2D eigenvalue weighted by Crippen LogP contribution is 2.35. The van der Waals surface area contributed by atoms with Crippen molar-refractivity contribution < 1.29 is 9.47 Å². The summed E-state index contributed by atoms with van der Waals surface area (Å²) in [6, 6.07) is 10.4. The lowest BCUT2D eigenvalue weighted by molar-refractivity contribution is 0.366. The molecule has 124 valence electrons. The number of nitrogens with zero attached hydrogens (tertiary/aromatic N) is 1. The lowest BCUT2D eigenvalue weighted by Crippen LogP contribution is -2.47. The minimum atomic E-state index is 0.185. The van der Waals surface area contributed by atoms with E-state index in [1.165, 1.54) is 4.88 Å². The molecule has 2 heterocycles.